The van der Waals surface area contributed by atoms with Crippen LogP contribution in [-0.2, 0) is 0 Å². The minimum atomic E-state index is -0.574. The van der Waals surface area contributed by atoms with Gasteiger partial charge in [0.05, 0.1) is 18.5 Å². The van der Waals surface area contributed by atoms with Crippen molar-refractivity contribution in [3.63, 3.8) is 0 Å². The van der Waals surface area contributed by atoms with Crippen molar-refractivity contribution in [1.82, 2.24) is 0 Å². The fourth-order valence-electron chi connectivity index (χ4n) is 4.46. The molecule has 0 aliphatic carbocycles. The lowest BCUT2D eigenvalue weighted by Crippen LogP contribution is -2.06. The molecule has 0 aliphatic rings. The highest BCUT2D eigenvalue weighted by Gasteiger charge is 2.28. The van der Waals surface area contributed by atoms with E-state index in [0.717, 1.165) is 5.34 Å². The molecule has 0 fully saturated rings. The molecule has 3 nitrogen and oxygen atoms in total. The molecule has 0 spiro atoms. The SMILES string of the molecule is CCCCCCCCCCCCCCCCCC[P+](C)(CCC)CCCC.O=N[O-]. The van der Waals surface area contributed by atoms with Crippen LogP contribution in [0.2, 0.25) is 0 Å². The number of nitrogens with zero attached hydrogens (tertiary/aromatic N) is 1. The molecule has 0 bridgehead atoms. The fourth-order valence-corrected chi connectivity index (χ4v) is 8.27. The lowest BCUT2D eigenvalue weighted by atomic mass is 10.0. The maximum Gasteiger partial charge on any atom is 0.0591 e. The predicted octanol–water partition coefficient (Wildman–Crippen LogP) is 10.4. The summed E-state index contributed by atoms with van der Waals surface area (Å²) < 4.78 is 0. The van der Waals surface area contributed by atoms with Gasteiger partial charge in [-0.15, -0.1) is 5.34 Å². The van der Waals surface area contributed by atoms with Crippen LogP contribution in [0.1, 0.15) is 143 Å². The quantitative estimate of drug-likeness (QED) is 0.0720. The summed E-state index contributed by atoms with van der Waals surface area (Å²) in [6.07, 6.45) is 32.7. The van der Waals surface area contributed by atoms with Crippen LogP contribution in [0.3, 0.4) is 0 Å². The summed E-state index contributed by atoms with van der Waals surface area (Å²) in [7, 11) is -0.574. The van der Waals surface area contributed by atoms with Gasteiger partial charge in [-0.1, -0.05) is 117 Å². The Kier molecular flexibility index (Phi) is 28.7. The molecule has 0 aliphatic heterocycles. The molecule has 1 atom stereocenters. The van der Waals surface area contributed by atoms with Gasteiger partial charge in [0, 0.05) is 13.9 Å². The number of hydrogen-bond donors (Lipinski definition) is 0. The monoisotopic (exact) mass is 445 g/mol. The van der Waals surface area contributed by atoms with Crippen molar-refractivity contribution in [1.29, 1.82) is 0 Å². The molecule has 0 saturated carbocycles. The first-order valence-corrected chi connectivity index (χ1v) is 16.2. The Labute approximate surface area is 190 Å². The zero-order valence-electron chi connectivity index (χ0n) is 21.3. The highest BCUT2D eigenvalue weighted by molar-refractivity contribution is 7.75. The second-order valence-corrected chi connectivity index (χ2v) is 14.1. The third-order valence-corrected chi connectivity index (χ3v) is 10.7. The molecule has 0 N–H and O–H groups in total. The molecule has 0 radical (unpaired) electrons. The van der Waals surface area contributed by atoms with Crippen LogP contribution in [-0.4, -0.2) is 25.2 Å². The van der Waals surface area contributed by atoms with Crippen LogP contribution in [0.25, 0.3) is 0 Å². The van der Waals surface area contributed by atoms with E-state index in [2.05, 4.69) is 27.4 Å². The van der Waals surface area contributed by atoms with Crippen LogP contribution < -0.4 is 0 Å². The van der Waals surface area contributed by atoms with E-state index in [1.54, 1.807) is 18.5 Å². The van der Waals surface area contributed by atoms with Gasteiger partial charge in [-0.25, -0.2) is 0 Å². The molecular formula is C26H56NO2P. The van der Waals surface area contributed by atoms with E-state index in [1.807, 2.05) is 0 Å². The molecule has 0 heterocycles. The van der Waals surface area contributed by atoms with Gasteiger partial charge in [-0.05, 0) is 25.7 Å². The van der Waals surface area contributed by atoms with Crippen LogP contribution in [0, 0.1) is 10.1 Å². The van der Waals surface area contributed by atoms with Crippen molar-refractivity contribution in [3.8, 4) is 0 Å². The van der Waals surface area contributed by atoms with Gasteiger partial charge in [0.1, 0.15) is 0 Å². The van der Waals surface area contributed by atoms with Gasteiger partial charge in [-0.2, -0.15) is 0 Å². The Hall–Kier alpha value is -0.170. The Balaban J connectivity index is 0. The normalized spacial score (nSPS) is 12.8. The molecular weight excluding hydrogens is 389 g/mol. The molecule has 0 aromatic heterocycles. The average molecular weight is 446 g/mol. The molecule has 0 amide bonds. The van der Waals surface area contributed by atoms with Gasteiger partial charge in [-0.3, -0.25) is 0 Å². The lowest BCUT2D eigenvalue weighted by Gasteiger charge is -2.22. The maximum atomic E-state index is 8.00. The van der Waals surface area contributed by atoms with E-state index < -0.39 is 7.26 Å². The summed E-state index contributed by atoms with van der Waals surface area (Å²) >= 11 is 0. The third kappa shape index (κ3) is 25.9. The summed E-state index contributed by atoms with van der Waals surface area (Å²) in [5, 5.41) is 9.00. The predicted molar refractivity (Wildman–Crippen MR) is 141 cm³/mol. The molecule has 182 valence electrons. The molecule has 0 aromatic rings. The first-order chi connectivity index (χ1) is 14.6. The molecule has 0 rings (SSSR count). The van der Waals surface area contributed by atoms with E-state index >= 15 is 0 Å². The van der Waals surface area contributed by atoms with Gasteiger partial charge in [0.15, 0.2) is 0 Å². The Morgan fingerprint density at radius 2 is 0.800 bits per heavy atom. The minimum Gasteiger partial charge on any atom is -0.444 e. The standard InChI is InChI=1S/C26H56P.HNO2/c1-5-8-10-11-12-13-14-15-16-17-18-19-20-21-22-23-26-27(4,24-7-3)25-9-6-2;2-1-3/h5-26H2,1-4H3;(H,2,3)/q+1;/p-1. The maximum absolute atomic E-state index is 8.00. The molecule has 30 heavy (non-hydrogen) atoms. The smallest absolute Gasteiger partial charge is 0.0591 e. The van der Waals surface area contributed by atoms with Crippen LogP contribution in [0.4, 0.5) is 0 Å². The summed E-state index contributed by atoms with van der Waals surface area (Å²) in [4.78, 5) is 8.00. The van der Waals surface area contributed by atoms with Crippen molar-refractivity contribution >= 4 is 7.26 Å². The van der Waals surface area contributed by atoms with Crippen molar-refractivity contribution in [2.45, 2.75) is 143 Å². The van der Waals surface area contributed by atoms with Crippen molar-refractivity contribution < 1.29 is 0 Å². The molecule has 0 saturated heterocycles. The van der Waals surface area contributed by atoms with E-state index in [0.29, 0.717) is 0 Å². The molecule has 0 aromatic carbocycles. The van der Waals surface area contributed by atoms with Gasteiger partial charge >= 0.3 is 0 Å². The van der Waals surface area contributed by atoms with E-state index in [4.69, 9.17) is 10.1 Å². The van der Waals surface area contributed by atoms with Crippen LogP contribution >= 0.6 is 7.26 Å². The zero-order valence-corrected chi connectivity index (χ0v) is 22.2. The molecule has 1 unspecified atom stereocenters. The number of unbranched alkanes of at least 4 members (excludes halogenated alkanes) is 16. The highest BCUT2D eigenvalue weighted by Crippen LogP contribution is 2.56. The van der Waals surface area contributed by atoms with Gasteiger partial charge in [0.25, 0.3) is 0 Å². The van der Waals surface area contributed by atoms with Crippen LogP contribution in [0.5, 0.6) is 0 Å². The Morgan fingerprint density at radius 3 is 1.13 bits per heavy atom. The average Bonchev–Trinajstić information content (AvgIpc) is 2.73. The fraction of sp³-hybridized carbons (Fsp3) is 1.00. The lowest BCUT2D eigenvalue weighted by molar-refractivity contribution is 0.531. The van der Waals surface area contributed by atoms with E-state index in [-0.39, 0.29) is 0 Å². The Morgan fingerprint density at radius 1 is 0.500 bits per heavy atom. The van der Waals surface area contributed by atoms with Crippen LogP contribution in [0.15, 0.2) is 5.34 Å². The Bertz CT molecular complexity index is 328. The topological polar surface area (TPSA) is 52.5 Å². The second-order valence-electron chi connectivity index (χ2n) is 9.52. The number of rotatable bonds is 22. The van der Waals surface area contributed by atoms with Crippen molar-refractivity contribution in [3.05, 3.63) is 10.1 Å². The largest absolute Gasteiger partial charge is 0.444 e. The summed E-state index contributed by atoms with van der Waals surface area (Å²) in [5.41, 5.74) is 0. The first kappa shape index (κ1) is 32.0. The summed E-state index contributed by atoms with van der Waals surface area (Å²) in [5.74, 6) is 0. The summed E-state index contributed by atoms with van der Waals surface area (Å²) in [6.45, 7) is 9.71. The van der Waals surface area contributed by atoms with Gasteiger partial charge < -0.3 is 10.1 Å². The van der Waals surface area contributed by atoms with Crippen molar-refractivity contribution in [2.75, 3.05) is 25.2 Å². The van der Waals surface area contributed by atoms with E-state index in [9.17, 15) is 0 Å². The third-order valence-electron chi connectivity index (χ3n) is 6.37. The van der Waals surface area contributed by atoms with Gasteiger partial charge in [0.2, 0.25) is 0 Å². The highest BCUT2D eigenvalue weighted by atomic mass is 31.2. The van der Waals surface area contributed by atoms with Crippen molar-refractivity contribution in [2.24, 2.45) is 5.34 Å². The molecule has 4 heteroatoms. The minimum absolute atomic E-state index is 0.574. The van der Waals surface area contributed by atoms with E-state index in [1.165, 1.54) is 122 Å². The second kappa shape index (κ2) is 26.9. The zero-order chi connectivity index (χ0) is 22.8. The first-order valence-electron chi connectivity index (χ1n) is 13.4. The summed E-state index contributed by atoms with van der Waals surface area (Å²) in [6, 6.07) is 0. The number of hydrogen-bond acceptors (Lipinski definition) is 3.